The maximum absolute atomic E-state index is 12.8. The summed E-state index contributed by atoms with van der Waals surface area (Å²) < 4.78 is 5.70. The van der Waals surface area contributed by atoms with E-state index in [1.54, 1.807) is 53.7 Å². The molecule has 27 heavy (non-hydrogen) atoms. The van der Waals surface area contributed by atoms with Gasteiger partial charge in [-0.25, -0.2) is 0 Å². The molecule has 6 nitrogen and oxygen atoms in total. The van der Waals surface area contributed by atoms with Crippen molar-refractivity contribution >= 4 is 17.5 Å². The van der Waals surface area contributed by atoms with Gasteiger partial charge in [-0.05, 0) is 36.4 Å². The van der Waals surface area contributed by atoms with Crippen LogP contribution in [-0.4, -0.2) is 39.0 Å². The number of phenols is 1. The van der Waals surface area contributed by atoms with Crippen molar-refractivity contribution in [2.75, 3.05) is 13.2 Å². The Hall–Kier alpha value is -3.12. The highest BCUT2D eigenvalue weighted by Gasteiger charge is 2.24. The number of hydrogen-bond donors (Lipinski definition) is 1. The van der Waals surface area contributed by atoms with E-state index in [0.717, 1.165) is 5.56 Å². The predicted octanol–water partition coefficient (Wildman–Crippen LogP) is 3.54. The summed E-state index contributed by atoms with van der Waals surface area (Å²) in [5.74, 6) is 0.233. The molecule has 0 spiro atoms. The molecule has 0 fully saturated rings. The summed E-state index contributed by atoms with van der Waals surface area (Å²) >= 11 is 5.90. The van der Waals surface area contributed by atoms with E-state index in [0.29, 0.717) is 40.8 Å². The van der Waals surface area contributed by atoms with Crippen LogP contribution < -0.4 is 4.74 Å². The van der Waals surface area contributed by atoms with Gasteiger partial charge in [0.15, 0.2) is 11.5 Å². The average molecular weight is 382 g/mol. The van der Waals surface area contributed by atoms with Crippen molar-refractivity contribution in [1.29, 1.82) is 0 Å². The van der Waals surface area contributed by atoms with Gasteiger partial charge in [0.1, 0.15) is 12.3 Å². The molecule has 0 atom stereocenters. The fraction of sp³-hybridized carbons (Fsp3) is 0.150. The van der Waals surface area contributed by atoms with Crippen LogP contribution in [0.15, 0.2) is 54.9 Å². The number of aromatic nitrogens is 2. The van der Waals surface area contributed by atoms with Crippen LogP contribution >= 0.6 is 11.6 Å². The number of carbonyl (C=O) groups is 1. The molecule has 3 heterocycles. The van der Waals surface area contributed by atoms with E-state index in [1.807, 2.05) is 6.07 Å². The number of amides is 1. The zero-order valence-electron chi connectivity index (χ0n) is 14.3. The number of hydrogen-bond acceptors (Lipinski definition) is 5. The van der Waals surface area contributed by atoms with Gasteiger partial charge in [-0.2, -0.15) is 0 Å². The van der Waals surface area contributed by atoms with Crippen LogP contribution in [0.3, 0.4) is 0 Å². The van der Waals surface area contributed by atoms with Gasteiger partial charge in [0.2, 0.25) is 0 Å². The number of benzene rings is 1. The van der Waals surface area contributed by atoms with Crippen molar-refractivity contribution < 1.29 is 14.6 Å². The molecule has 0 saturated carbocycles. The molecule has 3 aromatic rings. The molecular weight excluding hydrogens is 366 g/mol. The quantitative estimate of drug-likeness (QED) is 0.734. The molecule has 0 saturated heterocycles. The predicted molar refractivity (Wildman–Crippen MR) is 101 cm³/mol. The molecule has 1 aromatic carbocycles. The number of nitrogens with zero attached hydrogens (tertiary/aromatic N) is 3. The minimum absolute atomic E-state index is 0.0198. The largest absolute Gasteiger partial charge is 0.504 e. The maximum atomic E-state index is 12.8. The first-order valence-electron chi connectivity index (χ1n) is 8.43. The van der Waals surface area contributed by atoms with Crippen molar-refractivity contribution in [2.24, 2.45) is 0 Å². The zero-order valence-corrected chi connectivity index (χ0v) is 15.1. The second-order valence-corrected chi connectivity index (χ2v) is 6.57. The van der Waals surface area contributed by atoms with Crippen LogP contribution in [0.1, 0.15) is 16.1 Å². The summed E-state index contributed by atoms with van der Waals surface area (Å²) in [5.41, 5.74) is 2.48. The fourth-order valence-corrected chi connectivity index (χ4v) is 3.13. The Morgan fingerprint density at radius 2 is 2.07 bits per heavy atom. The Morgan fingerprint density at radius 3 is 2.81 bits per heavy atom. The molecule has 7 heteroatoms. The molecule has 136 valence electrons. The number of phenolic OH excluding ortho intramolecular Hbond substituents is 1. The van der Waals surface area contributed by atoms with Crippen molar-refractivity contribution in [3.63, 3.8) is 0 Å². The average Bonchev–Trinajstić information content (AvgIpc) is 2.91. The summed E-state index contributed by atoms with van der Waals surface area (Å²) in [6.45, 7) is 0.995. The highest BCUT2D eigenvalue weighted by atomic mass is 35.5. The van der Waals surface area contributed by atoms with Gasteiger partial charge in [-0.1, -0.05) is 17.7 Å². The number of ether oxygens (including phenoxy) is 1. The monoisotopic (exact) mass is 381 g/mol. The molecule has 1 amide bonds. The van der Waals surface area contributed by atoms with Crippen molar-refractivity contribution in [2.45, 2.75) is 6.54 Å². The third-order valence-corrected chi connectivity index (χ3v) is 4.53. The Morgan fingerprint density at radius 1 is 1.19 bits per heavy atom. The van der Waals surface area contributed by atoms with Crippen molar-refractivity contribution in [1.82, 2.24) is 14.9 Å². The molecule has 0 aliphatic carbocycles. The Bertz CT molecular complexity index is 978. The highest BCUT2D eigenvalue weighted by Crippen LogP contribution is 2.37. The van der Waals surface area contributed by atoms with E-state index in [2.05, 4.69) is 9.97 Å². The van der Waals surface area contributed by atoms with Crippen molar-refractivity contribution in [3.05, 3.63) is 71.1 Å². The van der Waals surface area contributed by atoms with Gasteiger partial charge in [0.05, 0.1) is 17.3 Å². The van der Waals surface area contributed by atoms with Crippen LogP contribution in [0.5, 0.6) is 11.5 Å². The molecule has 0 radical (unpaired) electrons. The molecule has 2 aromatic heterocycles. The minimum Gasteiger partial charge on any atom is -0.504 e. The Kier molecular flexibility index (Phi) is 4.64. The van der Waals surface area contributed by atoms with E-state index in [4.69, 9.17) is 16.3 Å². The third kappa shape index (κ3) is 3.57. The van der Waals surface area contributed by atoms with Gasteiger partial charge in [-0.3, -0.25) is 14.8 Å². The molecular formula is C20H16ClN3O3. The van der Waals surface area contributed by atoms with Crippen LogP contribution in [0, 0.1) is 0 Å². The first kappa shape index (κ1) is 17.3. The highest BCUT2D eigenvalue weighted by molar-refractivity contribution is 6.30. The van der Waals surface area contributed by atoms with Gasteiger partial charge in [0.25, 0.3) is 5.91 Å². The van der Waals surface area contributed by atoms with Gasteiger partial charge >= 0.3 is 0 Å². The lowest BCUT2D eigenvalue weighted by Gasteiger charge is -2.19. The first-order valence-corrected chi connectivity index (χ1v) is 8.80. The molecule has 1 aliphatic rings. The van der Waals surface area contributed by atoms with Crippen LogP contribution in [-0.2, 0) is 6.54 Å². The number of halogens is 1. The van der Waals surface area contributed by atoms with E-state index in [-0.39, 0.29) is 18.3 Å². The second-order valence-electron chi connectivity index (χ2n) is 6.14. The number of carbonyl (C=O) groups excluding carboxylic acids is 1. The lowest BCUT2D eigenvalue weighted by atomic mass is 10.0. The molecule has 0 bridgehead atoms. The SMILES string of the molecule is O=C(c1ccccn1)N1CCOc2c(O)cc(-c3ccc(Cl)cn3)cc2C1. The van der Waals surface area contributed by atoms with Gasteiger partial charge in [-0.15, -0.1) is 0 Å². The molecule has 1 aliphatic heterocycles. The number of aromatic hydroxyl groups is 1. The van der Waals surface area contributed by atoms with E-state index in [9.17, 15) is 9.90 Å². The summed E-state index contributed by atoms with van der Waals surface area (Å²) in [6.07, 6.45) is 3.14. The van der Waals surface area contributed by atoms with E-state index < -0.39 is 0 Å². The van der Waals surface area contributed by atoms with E-state index >= 15 is 0 Å². The lowest BCUT2D eigenvalue weighted by molar-refractivity contribution is 0.0727. The van der Waals surface area contributed by atoms with Crippen LogP contribution in [0.25, 0.3) is 11.3 Å². The summed E-state index contributed by atoms with van der Waals surface area (Å²) in [4.78, 5) is 22.8. The Balaban J connectivity index is 1.69. The normalized spacial score (nSPS) is 13.4. The molecule has 4 rings (SSSR count). The molecule has 0 unspecified atom stereocenters. The van der Waals surface area contributed by atoms with E-state index in [1.165, 1.54) is 0 Å². The topological polar surface area (TPSA) is 75.6 Å². The Labute approximate surface area is 161 Å². The minimum atomic E-state index is -0.179. The standard InChI is InChI=1S/C20H16ClN3O3/c21-15-4-5-16(23-11-15)13-9-14-12-24(7-8-27-19(14)18(25)10-13)20(26)17-3-1-2-6-22-17/h1-6,9-11,25H,7-8,12H2. The van der Waals surface area contributed by atoms with Crippen LogP contribution in [0.2, 0.25) is 5.02 Å². The summed E-state index contributed by atoms with van der Waals surface area (Å²) in [6, 6.07) is 12.2. The summed E-state index contributed by atoms with van der Waals surface area (Å²) in [5, 5.41) is 11.0. The number of fused-ring (bicyclic) bond motifs is 1. The number of pyridine rings is 2. The maximum Gasteiger partial charge on any atom is 0.272 e. The third-order valence-electron chi connectivity index (χ3n) is 4.31. The second kappa shape index (κ2) is 7.25. The lowest BCUT2D eigenvalue weighted by Crippen LogP contribution is -2.32. The molecule has 1 N–H and O–H groups in total. The number of rotatable bonds is 2. The smallest absolute Gasteiger partial charge is 0.272 e. The van der Waals surface area contributed by atoms with Gasteiger partial charge < -0.3 is 14.7 Å². The first-order chi connectivity index (χ1) is 13.1. The summed E-state index contributed by atoms with van der Waals surface area (Å²) in [7, 11) is 0. The zero-order chi connectivity index (χ0) is 18.8. The fourth-order valence-electron chi connectivity index (χ4n) is 3.02. The van der Waals surface area contributed by atoms with Crippen molar-refractivity contribution in [3.8, 4) is 22.8 Å². The van der Waals surface area contributed by atoms with Gasteiger partial charge in [0, 0.05) is 30.1 Å². The van der Waals surface area contributed by atoms with Crippen LogP contribution in [0.4, 0.5) is 0 Å².